The molecule has 0 aromatic carbocycles. The molecule has 1 aliphatic heterocycles. The van der Waals surface area contributed by atoms with Crippen molar-refractivity contribution in [2.75, 3.05) is 26.3 Å². The third-order valence-corrected chi connectivity index (χ3v) is 6.40. The fraction of sp³-hybridized carbons (Fsp3) is 0.714. The van der Waals surface area contributed by atoms with E-state index in [2.05, 4.69) is 10.0 Å². The second kappa shape index (κ2) is 7.69. The molecule has 1 saturated heterocycles. The third kappa shape index (κ3) is 4.75. The van der Waals surface area contributed by atoms with Crippen molar-refractivity contribution in [1.82, 2.24) is 10.0 Å². The molecule has 0 saturated carbocycles. The fourth-order valence-corrected chi connectivity index (χ4v) is 5.06. The first kappa shape index (κ1) is 16.9. The molecule has 1 unspecified atom stereocenters. The van der Waals surface area contributed by atoms with Crippen LogP contribution in [0.1, 0.15) is 29.5 Å². The Morgan fingerprint density at radius 1 is 1.48 bits per heavy atom. The summed E-state index contributed by atoms with van der Waals surface area (Å²) in [5.74, 6) is 0.487. The van der Waals surface area contributed by atoms with Crippen LogP contribution in [0.5, 0.6) is 0 Å². The Morgan fingerprint density at radius 2 is 2.29 bits per heavy atom. The van der Waals surface area contributed by atoms with Crippen LogP contribution >= 0.6 is 11.3 Å². The number of rotatable bonds is 8. The highest BCUT2D eigenvalue weighted by Gasteiger charge is 2.21. The van der Waals surface area contributed by atoms with Crippen molar-refractivity contribution in [1.29, 1.82) is 0 Å². The molecule has 0 bridgehead atoms. The van der Waals surface area contributed by atoms with E-state index in [0.29, 0.717) is 17.4 Å². The molecule has 0 spiro atoms. The molecule has 21 heavy (non-hydrogen) atoms. The lowest BCUT2D eigenvalue weighted by Crippen LogP contribution is -2.26. The van der Waals surface area contributed by atoms with Gasteiger partial charge in [-0.05, 0) is 38.3 Å². The molecule has 0 amide bonds. The Bertz CT molecular complexity index is 549. The summed E-state index contributed by atoms with van der Waals surface area (Å²) in [7, 11) is -3.40. The zero-order chi connectivity index (χ0) is 15.3. The average molecular weight is 332 g/mol. The molecule has 2 rings (SSSR count). The maximum absolute atomic E-state index is 12.4. The predicted molar refractivity (Wildman–Crippen MR) is 85.2 cm³/mol. The van der Waals surface area contributed by atoms with Crippen LogP contribution in [0.15, 0.2) is 11.0 Å². The van der Waals surface area contributed by atoms with Crippen LogP contribution in [-0.4, -0.2) is 34.7 Å². The molecular weight excluding hydrogens is 308 g/mol. The molecule has 1 fully saturated rings. The van der Waals surface area contributed by atoms with Gasteiger partial charge in [-0.3, -0.25) is 0 Å². The van der Waals surface area contributed by atoms with Gasteiger partial charge in [0.25, 0.3) is 0 Å². The second-order valence-electron chi connectivity index (χ2n) is 5.33. The largest absolute Gasteiger partial charge is 0.381 e. The Labute approximate surface area is 131 Å². The van der Waals surface area contributed by atoms with Crippen LogP contribution in [0, 0.1) is 12.8 Å². The van der Waals surface area contributed by atoms with Gasteiger partial charge in [-0.2, -0.15) is 0 Å². The standard InChI is InChI=1S/C14H24N2O3S2/c1-3-15-9-13-8-14(11(2)20-13)21(17,18)16-6-4-12-5-7-19-10-12/h8,12,15-16H,3-7,9-10H2,1-2H3. The second-order valence-corrected chi connectivity index (χ2v) is 8.41. The van der Waals surface area contributed by atoms with Gasteiger partial charge in [-0.1, -0.05) is 6.92 Å². The molecule has 1 aliphatic rings. The summed E-state index contributed by atoms with van der Waals surface area (Å²) in [6.45, 7) is 7.53. The highest BCUT2D eigenvalue weighted by atomic mass is 32.2. The number of ether oxygens (including phenoxy) is 1. The van der Waals surface area contributed by atoms with E-state index in [1.165, 1.54) is 11.3 Å². The first-order valence-corrected chi connectivity index (χ1v) is 9.70. The van der Waals surface area contributed by atoms with Gasteiger partial charge in [-0.15, -0.1) is 11.3 Å². The Hall–Kier alpha value is -0.470. The highest BCUT2D eigenvalue weighted by molar-refractivity contribution is 7.89. The van der Waals surface area contributed by atoms with Gasteiger partial charge in [0, 0.05) is 36.1 Å². The maximum atomic E-state index is 12.4. The number of nitrogens with one attached hydrogen (secondary N) is 2. The smallest absolute Gasteiger partial charge is 0.241 e. The van der Waals surface area contributed by atoms with Crippen LogP contribution < -0.4 is 10.0 Å². The van der Waals surface area contributed by atoms with E-state index in [-0.39, 0.29) is 0 Å². The van der Waals surface area contributed by atoms with Crippen LogP contribution in [0.3, 0.4) is 0 Å². The van der Waals surface area contributed by atoms with E-state index in [4.69, 9.17) is 4.74 Å². The number of thiophene rings is 1. The SMILES string of the molecule is CCNCc1cc(S(=O)(=O)NCCC2CCOC2)c(C)s1. The quantitative estimate of drug-likeness (QED) is 0.763. The van der Waals surface area contributed by atoms with Crippen molar-refractivity contribution in [3.05, 3.63) is 15.8 Å². The average Bonchev–Trinajstić information content (AvgIpc) is 3.06. The minimum Gasteiger partial charge on any atom is -0.381 e. The summed E-state index contributed by atoms with van der Waals surface area (Å²) in [4.78, 5) is 2.32. The molecule has 1 atom stereocenters. The van der Waals surface area contributed by atoms with E-state index < -0.39 is 10.0 Å². The van der Waals surface area contributed by atoms with E-state index >= 15 is 0 Å². The Kier molecular flexibility index (Phi) is 6.19. The summed E-state index contributed by atoms with van der Waals surface area (Å²) < 4.78 is 32.7. The third-order valence-electron chi connectivity index (χ3n) is 3.63. The molecule has 1 aromatic heterocycles. The van der Waals surface area contributed by atoms with Gasteiger partial charge in [0.1, 0.15) is 0 Å². The summed E-state index contributed by atoms with van der Waals surface area (Å²) in [6.07, 6.45) is 1.87. The molecule has 120 valence electrons. The number of hydrogen-bond donors (Lipinski definition) is 2. The van der Waals surface area contributed by atoms with Crippen molar-refractivity contribution >= 4 is 21.4 Å². The van der Waals surface area contributed by atoms with Crippen molar-refractivity contribution in [2.45, 2.75) is 38.1 Å². The van der Waals surface area contributed by atoms with Gasteiger partial charge in [0.15, 0.2) is 0 Å². The number of aryl methyl sites for hydroxylation is 1. The minimum absolute atomic E-state index is 0.420. The zero-order valence-corrected chi connectivity index (χ0v) is 14.3. The first-order chi connectivity index (χ1) is 10.0. The van der Waals surface area contributed by atoms with Crippen LogP contribution in [0.2, 0.25) is 0 Å². The van der Waals surface area contributed by atoms with Crippen LogP contribution in [0.25, 0.3) is 0 Å². The summed E-state index contributed by atoms with van der Waals surface area (Å²) >= 11 is 1.54. The highest BCUT2D eigenvalue weighted by Crippen LogP contribution is 2.25. The Balaban J connectivity index is 1.93. The summed E-state index contributed by atoms with van der Waals surface area (Å²) in [6, 6.07) is 1.78. The van der Waals surface area contributed by atoms with Gasteiger partial charge in [0.2, 0.25) is 10.0 Å². The molecule has 1 aromatic rings. The lowest BCUT2D eigenvalue weighted by atomic mass is 10.1. The topological polar surface area (TPSA) is 67.4 Å². The monoisotopic (exact) mass is 332 g/mol. The molecule has 5 nitrogen and oxygen atoms in total. The molecule has 2 N–H and O–H groups in total. The van der Waals surface area contributed by atoms with Gasteiger partial charge < -0.3 is 10.1 Å². The predicted octanol–water partition coefficient (Wildman–Crippen LogP) is 1.87. The molecule has 7 heteroatoms. The number of hydrogen-bond acceptors (Lipinski definition) is 5. The van der Waals surface area contributed by atoms with Crippen LogP contribution in [0.4, 0.5) is 0 Å². The molecule has 0 aliphatic carbocycles. The van der Waals surface area contributed by atoms with Crippen molar-refractivity contribution < 1.29 is 13.2 Å². The van der Waals surface area contributed by atoms with E-state index in [1.54, 1.807) is 6.07 Å². The van der Waals surface area contributed by atoms with Crippen molar-refractivity contribution in [3.8, 4) is 0 Å². The van der Waals surface area contributed by atoms with Gasteiger partial charge in [-0.25, -0.2) is 13.1 Å². The molecular formula is C14H24N2O3S2. The van der Waals surface area contributed by atoms with Crippen LogP contribution in [-0.2, 0) is 21.3 Å². The lowest BCUT2D eigenvalue weighted by molar-refractivity contribution is 0.184. The molecule has 0 radical (unpaired) electrons. The minimum atomic E-state index is -3.40. The zero-order valence-electron chi connectivity index (χ0n) is 12.6. The van der Waals surface area contributed by atoms with Crippen molar-refractivity contribution in [2.24, 2.45) is 5.92 Å². The van der Waals surface area contributed by atoms with Crippen molar-refractivity contribution in [3.63, 3.8) is 0 Å². The first-order valence-electron chi connectivity index (χ1n) is 7.40. The lowest BCUT2D eigenvalue weighted by Gasteiger charge is -2.09. The number of sulfonamides is 1. The maximum Gasteiger partial charge on any atom is 0.241 e. The summed E-state index contributed by atoms with van der Waals surface area (Å²) in [5, 5.41) is 3.22. The van der Waals surface area contributed by atoms with Gasteiger partial charge >= 0.3 is 0 Å². The normalized spacial score (nSPS) is 19.2. The van der Waals surface area contributed by atoms with Gasteiger partial charge in [0.05, 0.1) is 4.90 Å². The van der Waals surface area contributed by atoms with E-state index in [1.807, 2.05) is 13.8 Å². The van der Waals surface area contributed by atoms with E-state index in [0.717, 1.165) is 48.9 Å². The van der Waals surface area contributed by atoms with E-state index in [9.17, 15) is 8.42 Å². The Morgan fingerprint density at radius 3 is 2.95 bits per heavy atom. The molecule has 2 heterocycles. The fourth-order valence-electron chi connectivity index (χ4n) is 2.41. The summed E-state index contributed by atoms with van der Waals surface area (Å²) in [5.41, 5.74) is 0.